The quantitative estimate of drug-likeness (QED) is 0.852. The number of ether oxygens (including phenoxy) is 1. The molecule has 0 bridgehead atoms. The molecule has 106 valence electrons. The Balaban J connectivity index is 1.82. The second-order valence-electron chi connectivity index (χ2n) is 4.57. The number of nitrogens with zero attached hydrogens (tertiary/aromatic N) is 6. The molecule has 0 fully saturated rings. The Labute approximate surface area is 116 Å². The van der Waals surface area contributed by atoms with Gasteiger partial charge in [0.1, 0.15) is 24.6 Å². The fourth-order valence-corrected chi connectivity index (χ4v) is 2.18. The summed E-state index contributed by atoms with van der Waals surface area (Å²) in [6.07, 6.45) is 1.75. The molecule has 0 unspecified atom stereocenters. The van der Waals surface area contributed by atoms with Gasteiger partial charge in [0.05, 0.1) is 6.54 Å². The first-order valence-corrected chi connectivity index (χ1v) is 6.59. The normalized spacial score (nSPS) is 14.3. The highest BCUT2D eigenvalue weighted by atomic mass is 16.5. The van der Waals surface area contributed by atoms with Crippen LogP contribution in [0.3, 0.4) is 0 Å². The van der Waals surface area contributed by atoms with Gasteiger partial charge in [-0.2, -0.15) is 0 Å². The van der Waals surface area contributed by atoms with Gasteiger partial charge in [-0.3, -0.25) is 0 Å². The third-order valence-corrected chi connectivity index (χ3v) is 3.18. The zero-order chi connectivity index (χ0) is 13.9. The molecule has 0 aliphatic carbocycles. The minimum absolute atomic E-state index is 0.374. The minimum atomic E-state index is 0.374. The molecule has 1 aliphatic heterocycles. The average molecular weight is 275 g/mol. The zero-order valence-electron chi connectivity index (χ0n) is 11.4. The van der Waals surface area contributed by atoms with E-state index in [1.807, 2.05) is 11.5 Å². The molecule has 0 atom stereocenters. The van der Waals surface area contributed by atoms with E-state index in [1.54, 1.807) is 12.4 Å². The van der Waals surface area contributed by atoms with Crippen LogP contribution in [0.4, 0.5) is 11.6 Å². The summed E-state index contributed by atoms with van der Waals surface area (Å²) in [5.74, 6) is 2.80. The molecule has 8 nitrogen and oxygen atoms in total. The maximum atomic E-state index is 5.85. The summed E-state index contributed by atoms with van der Waals surface area (Å²) in [4.78, 5) is 10.8. The fraction of sp³-hybridized carbons (Fsp3) is 0.500. The van der Waals surface area contributed by atoms with Crippen molar-refractivity contribution in [3.63, 3.8) is 0 Å². The summed E-state index contributed by atoms with van der Waals surface area (Å²) in [7, 11) is 0. The van der Waals surface area contributed by atoms with Crippen LogP contribution >= 0.6 is 0 Å². The standard InChI is InChI=1S/C12H17N7O/c1-2-20-7-10-15-9(13)5-11(16-10)18-3-4-19-8-14-17-12(19)6-18/h5,8H,2-4,6-7H2,1H3,(H2,13,15,16). The summed E-state index contributed by atoms with van der Waals surface area (Å²) in [5.41, 5.74) is 5.85. The molecule has 0 saturated heterocycles. The van der Waals surface area contributed by atoms with Gasteiger partial charge in [0, 0.05) is 25.8 Å². The second-order valence-corrected chi connectivity index (χ2v) is 4.57. The average Bonchev–Trinajstić information content (AvgIpc) is 2.92. The molecular formula is C12H17N7O. The topological polar surface area (TPSA) is 95.0 Å². The number of hydrogen-bond acceptors (Lipinski definition) is 7. The summed E-state index contributed by atoms with van der Waals surface area (Å²) in [5, 5.41) is 8.02. The van der Waals surface area contributed by atoms with E-state index in [1.165, 1.54) is 0 Å². The molecule has 3 heterocycles. The van der Waals surface area contributed by atoms with Crippen LogP contribution in [0, 0.1) is 0 Å². The summed E-state index contributed by atoms with van der Waals surface area (Å²) in [6, 6.07) is 1.78. The van der Waals surface area contributed by atoms with Crippen LogP contribution in [0.1, 0.15) is 18.6 Å². The van der Waals surface area contributed by atoms with Crippen LogP contribution in [-0.4, -0.2) is 37.9 Å². The Morgan fingerprint density at radius 3 is 3.10 bits per heavy atom. The van der Waals surface area contributed by atoms with E-state index in [0.29, 0.717) is 31.4 Å². The second kappa shape index (κ2) is 5.41. The Bertz CT molecular complexity index is 597. The van der Waals surface area contributed by atoms with E-state index >= 15 is 0 Å². The van der Waals surface area contributed by atoms with Crippen LogP contribution in [-0.2, 0) is 24.4 Å². The van der Waals surface area contributed by atoms with Gasteiger partial charge in [0.2, 0.25) is 0 Å². The summed E-state index contributed by atoms with van der Waals surface area (Å²) >= 11 is 0. The van der Waals surface area contributed by atoms with Crippen molar-refractivity contribution in [2.24, 2.45) is 0 Å². The monoisotopic (exact) mass is 275 g/mol. The van der Waals surface area contributed by atoms with Crippen molar-refractivity contribution < 1.29 is 4.74 Å². The highest BCUT2D eigenvalue weighted by Crippen LogP contribution is 2.19. The number of nitrogens with two attached hydrogens (primary N) is 1. The predicted octanol–water partition coefficient (Wildman–Crippen LogP) is 0.207. The predicted molar refractivity (Wildman–Crippen MR) is 72.8 cm³/mol. The third kappa shape index (κ3) is 2.55. The van der Waals surface area contributed by atoms with E-state index in [2.05, 4.69) is 25.1 Å². The van der Waals surface area contributed by atoms with Gasteiger partial charge in [0.15, 0.2) is 11.6 Å². The molecule has 2 aromatic heterocycles. The molecule has 2 N–H and O–H groups in total. The summed E-state index contributed by atoms with van der Waals surface area (Å²) < 4.78 is 7.38. The first kappa shape index (κ1) is 12.8. The number of fused-ring (bicyclic) bond motifs is 1. The fourth-order valence-electron chi connectivity index (χ4n) is 2.18. The molecule has 0 saturated carbocycles. The van der Waals surface area contributed by atoms with Gasteiger partial charge in [-0.1, -0.05) is 0 Å². The van der Waals surface area contributed by atoms with Crippen LogP contribution in [0.15, 0.2) is 12.4 Å². The Morgan fingerprint density at radius 2 is 2.25 bits per heavy atom. The van der Waals surface area contributed by atoms with E-state index in [4.69, 9.17) is 10.5 Å². The number of nitrogen functional groups attached to an aromatic ring is 1. The van der Waals surface area contributed by atoms with E-state index in [0.717, 1.165) is 24.7 Å². The maximum Gasteiger partial charge on any atom is 0.158 e. The van der Waals surface area contributed by atoms with Gasteiger partial charge >= 0.3 is 0 Å². The molecule has 8 heteroatoms. The molecule has 0 spiro atoms. The van der Waals surface area contributed by atoms with Gasteiger partial charge in [-0.25, -0.2) is 9.97 Å². The van der Waals surface area contributed by atoms with E-state index in [9.17, 15) is 0 Å². The first-order valence-electron chi connectivity index (χ1n) is 6.59. The van der Waals surface area contributed by atoms with Crippen molar-refractivity contribution in [2.75, 3.05) is 23.8 Å². The van der Waals surface area contributed by atoms with Crippen molar-refractivity contribution in [3.05, 3.63) is 24.0 Å². The third-order valence-electron chi connectivity index (χ3n) is 3.18. The number of anilines is 2. The van der Waals surface area contributed by atoms with Crippen molar-refractivity contribution in [1.82, 2.24) is 24.7 Å². The minimum Gasteiger partial charge on any atom is -0.384 e. The van der Waals surface area contributed by atoms with E-state index in [-0.39, 0.29) is 0 Å². The van der Waals surface area contributed by atoms with Crippen molar-refractivity contribution in [2.45, 2.75) is 26.6 Å². The molecule has 20 heavy (non-hydrogen) atoms. The molecule has 0 aromatic carbocycles. The van der Waals surface area contributed by atoms with Crippen LogP contribution in [0.2, 0.25) is 0 Å². The lowest BCUT2D eigenvalue weighted by molar-refractivity contribution is 0.128. The molecule has 0 radical (unpaired) electrons. The van der Waals surface area contributed by atoms with Gasteiger partial charge in [-0.05, 0) is 6.92 Å². The lowest BCUT2D eigenvalue weighted by Gasteiger charge is -2.28. The lowest BCUT2D eigenvalue weighted by Crippen LogP contribution is -2.34. The van der Waals surface area contributed by atoms with Crippen LogP contribution in [0.5, 0.6) is 0 Å². The largest absolute Gasteiger partial charge is 0.384 e. The Hall–Kier alpha value is -2.22. The van der Waals surface area contributed by atoms with E-state index < -0.39 is 0 Å². The van der Waals surface area contributed by atoms with Crippen molar-refractivity contribution in [3.8, 4) is 0 Å². The molecule has 1 aliphatic rings. The highest BCUT2D eigenvalue weighted by Gasteiger charge is 2.19. The Kier molecular flexibility index (Phi) is 3.46. The summed E-state index contributed by atoms with van der Waals surface area (Å²) in [6.45, 7) is 5.29. The molecule has 0 amide bonds. The molecule has 3 rings (SSSR count). The number of hydrogen-bond donors (Lipinski definition) is 1. The smallest absolute Gasteiger partial charge is 0.158 e. The zero-order valence-corrected chi connectivity index (χ0v) is 11.4. The van der Waals surface area contributed by atoms with Gasteiger partial charge in [0.25, 0.3) is 0 Å². The van der Waals surface area contributed by atoms with Crippen molar-refractivity contribution in [1.29, 1.82) is 0 Å². The lowest BCUT2D eigenvalue weighted by atomic mass is 10.3. The maximum absolute atomic E-state index is 5.85. The van der Waals surface area contributed by atoms with Gasteiger partial charge < -0.3 is 19.9 Å². The van der Waals surface area contributed by atoms with Crippen LogP contribution in [0.25, 0.3) is 0 Å². The highest BCUT2D eigenvalue weighted by molar-refractivity contribution is 5.47. The van der Waals surface area contributed by atoms with Crippen LogP contribution < -0.4 is 10.6 Å². The SMILES string of the molecule is CCOCc1nc(N)cc(N2CCn3cnnc3C2)n1. The number of rotatable bonds is 4. The molecular weight excluding hydrogens is 258 g/mol. The Morgan fingerprint density at radius 1 is 1.35 bits per heavy atom. The van der Waals surface area contributed by atoms with Gasteiger partial charge in [-0.15, -0.1) is 10.2 Å². The molecule has 2 aromatic rings. The number of aromatic nitrogens is 5. The first-order chi connectivity index (χ1) is 9.76. The van der Waals surface area contributed by atoms with Crippen molar-refractivity contribution >= 4 is 11.6 Å².